The smallest absolute Gasteiger partial charge is 0.325 e. The van der Waals surface area contributed by atoms with Crippen LogP contribution >= 0.6 is 0 Å². The van der Waals surface area contributed by atoms with Gasteiger partial charge in [0.15, 0.2) is 0 Å². The van der Waals surface area contributed by atoms with Crippen LogP contribution in [0.1, 0.15) is 18.4 Å². The van der Waals surface area contributed by atoms with Crippen molar-refractivity contribution in [2.75, 3.05) is 6.26 Å². The average molecular weight is 283 g/mol. The Labute approximate surface area is 113 Å². The molecule has 19 heavy (non-hydrogen) atoms. The maximum Gasteiger partial charge on any atom is 0.325 e. The third kappa shape index (κ3) is 4.84. The van der Waals surface area contributed by atoms with Gasteiger partial charge in [-0.15, -0.1) is 6.58 Å². The molecule has 104 valence electrons. The first-order valence-electron chi connectivity index (χ1n) is 5.64. The first kappa shape index (κ1) is 15.4. The van der Waals surface area contributed by atoms with E-state index in [2.05, 4.69) is 16.0 Å². The van der Waals surface area contributed by atoms with Gasteiger partial charge in [0.2, 0.25) is 0 Å². The molecule has 0 aromatic heterocycles. The summed E-state index contributed by atoms with van der Waals surface area (Å²) >= 11 is 0. The van der Waals surface area contributed by atoms with Gasteiger partial charge in [0, 0.05) is 0 Å². The predicted octanol–water partition coefficient (Wildman–Crippen LogP) is 1.67. The van der Waals surface area contributed by atoms with Gasteiger partial charge in [-0.3, -0.25) is 4.28 Å². The molecule has 1 aromatic carbocycles. The second kappa shape index (κ2) is 6.49. The molecule has 0 heterocycles. The van der Waals surface area contributed by atoms with E-state index in [9.17, 15) is 13.5 Å². The summed E-state index contributed by atoms with van der Waals surface area (Å²) in [6.45, 7) is 5.13. The highest BCUT2D eigenvalue weighted by Crippen LogP contribution is 2.22. The Morgan fingerprint density at radius 1 is 1.42 bits per heavy atom. The molecule has 2 atom stereocenters. The zero-order valence-electron chi connectivity index (χ0n) is 10.9. The summed E-state index contributed by atoms with van der Waals surface area (Å²) < 4.78 is 26.2. The van der Waals surface area contributed by atoms with E-state index in [0.29, 0.717) is 5.71 Å². The number of aliphatic hydroxyl groups excluding tert-OH is 1. The fraction of sp³-hybridized carbons (Fsp3) is 0.308. The fourth-order valence-electron chi connectivity index (χ4n) is 1.67. The third-order valence-corrected chi connectivity index (χ3v) is 2.85. The molecule has 2 unspecified atom stereocenters. The van der Waals surface area contributed by atoms with Gasteiger partial charge >= 0.3 is 10.1 Å². The number of oxime groups is 1. The summed E-state index contributed by atoms with van der Waals surface area (Å²) in [4.78, 5) is 0. The van der Waals surface area contributed by atoms with Gasteiger partial charge < -0.3 is 5.11 Å². The minimum Gasteiger partial charge on any atom is -0.388 e. The number of benzene rings is 1. The van der Waals surface area contributed by atoms with Crippen molar-refractivity contribution in [2.24, 2.45) is 5.16 Å². The van der Waals surface area contributed by atoms with Crippen molar-refractivity contribution < 1.29 is 17.8 Å². The maximum absolute atomic E-state index is 10.9. The molecule has 1 rings (SSSR count). The molecular weight excluding hydrogens is 266 g/mol. The van der Waals surface area contributed by atoms with Crippen molar-refractivity contribution in [3.63, 3.8) is 0 Å². The first-order valence-corrected chi connectivity index (χ1v) is 7.45. The number of hydrogen-bond acceptors (Lipinski definition) is 5. The molecule has 0 aliphatic heterocycles. The molecule has 0 radical (unpaired) electrons. The summed E-state index contributed by atoms with van der Waals surface area (Å²) in [6.07, 6.45) is 1.40. The molecule has 5 nitrogen and oxygen atoms in total. The first-order chi connectivity index (χ1) is 8.85. The molecule has 0 saturated carbocycles. The molecule has 1 N–H and O–H groups in total. The van der Waals surface area contributed by atoms with Crippen molar-refractivity contribution in [3.8, 4) is 0 Å². The topological polar surface area (TPSA) is 76.0 Å². The van der Waals surface area contributed by atoms with Crippen LogP contribution < -0.4 is 0 Å². The van der Waals surface area contributed by atoms with E-state index in [1.807, 2.05) is 30.3 Å². The molecule has 0 aliphatic rings. The number of nitrogens with zero attached hydrogens (tertiary/aromatic N) is 1. The normalized spacial score (nSPS) is 15.6. The lowest BCUT2D eigenvalue weighted by molar-refractivity contribution is 0.211. The van der Waals surface area contributed by atoms with Crippen LogP contribution in [0, 0.1) is 0 Å². The van der Waals surface area contributed by atoms with Crippen molar-refractivity contribution >= 4 is 15.8 Å². The zero-order valence-corrected chi connectivity index (χ0v) is 11.7. The molecule has 0 saturated heterocycles. The molecule has 6 heteroatoms. The highest BCUT2D eigenvalue weighted by molar-refractivity contribution is 7.85. The van der Waals surface area contributed by atoms with Gasteiger partial charge in [-0.25, -0.2) is 0 Å². The lowest BCUT2D eigenvalue weighted by Crippen LogP contribution is -2.23. The van der Waals surface area contributed by atoms with Crippen molar-refractivity contribution in [2.45, 2.75) is 18.9 Å². The van der Waals surface area contributed by atoms with E-state index < -0.39 is 22.1 Å². The average Bonchev–Trinajstić information content (AvgIpc) is 2.37. The molecule has 0 spiro atoms. The van der Waals surface area contributed by atoms with E-state index >= 15 is 0 Å². The Morgan fingerprint density at radius 3 is 2.47 bits per heavy atom. The van der Waals surface area contributed by atoms with E-state index in [0.717, 1.165) is 11.8 Å². The van der Waals surface area contributed by atoms with E-state index in [1.165, 1.54) is 6.08 Å². The van der Waals surface area contributed by atoms with Gasteiger partial charge in [-0.05, 0) is 12.5 Å². The Kier molecular flexibility index (Phi) is 5.26. The third-order valence-electron chi connectivity index (χ3n) is 2.51. The van der Waals surface area contributed by atoms with Gasteiger partial charge in [0.1, 0.15) is 0 Å². The number of hydrogen-bond donors (Lipinski definition) is 1. The van der Waals surface area contributed by atoms with Crippen molar-refractivity contribution in [3.05, 3.63) is 48.6 Å². The SMILES string of the molecule is C=CC(O)C(C(C)=NOS(C)(=O)=O)c1ccccc1. The van der Waals surface area contributed by atoms with Gasteiger partial charge in [-0.1, -0.05) is 41.6 Å². The van der Waals surface area contributed by atoms with Crippen LogP contribution in [-0.2, 0) is 14.4 Å². The summed E-state index contributed by atoms with van der Waals surface area (Å²) in [5.74, 6) is -0.500. The van der Waals surface area contributed by atoms with Crippen LogP contribution in [0.4, 0.5) is 0 Å². The Balaban J connectivity index is 3.08. The van der Waals surface area contributed by atoms with E-state index in [1.54, 1.807) is 6.92 Å². The highest BCUT2D eigenvalue weighted by atomic mass is 32.2. The predicted molar refractivity (Wildman–Crippen MR) is 74.4 cm³/mol. The molecule has 1 aromatic rings. The Hall–Kier alpha value is -1.66. The van der Waals surface area contributed by atoms with E-state index in [4.69, 9.17) is 0 Å². The largest absolute Gasteiger partial charge is 0.388 e. The molecule has 0 fully saturated rings. The van der Waals surface area contributed by atoms with Crippen LogP contribution in [-0.4, -0.2) is 31.6 Å². The Morgan fingerprint density at radius 2 is 2.00 bits per heavy atom. The lowest BCUT2D eigenvalue weighted by Gasteiger charge is -2.20. The monoisotopic (exact) mass is 283 g/mol. The summed E-state index contributed by atoms with van der Waals surface area (Å²) in [7, 11) is -3.66. The molecule has 0 bridgehead atoms. The van der Waals surface area contributed by atoms with Crippen LogP contribution in [0.15, 0.2) is 48.1 Å². The summed E-state index contributed by atoms with van der Waals surface area (Å²) in [6, 6.07) is 9.12. The number of aliphatic hydroxyl groups is 1. The molecule has 0 aliphatic carbocycles. The van der Waals surface area contributed by atoms with Crippen molar-refractivity contribution in [1.82, 2.24) is 0 Å². The summed E-state index contributed by atoms with van der Waals surface area (Å²) in [5, 5.41) is 13.5. The van der Waals surface area contributed by atoms with Crippen LogP contribution in [0.5, 0.6) is 0 Å². The van der Waals surface area contributed by atoms with Crippen LogP contribution in [0.2, 0.25) is 0 Å². The van der Waals surface area contributed by atoms with Gasteiger partial charge in [-0.2, -0.15) is 8.42 Å². The molecular formula is C13H17NO4S. The minimum atomic E-state index is -3.66. The highest BCUT2D eigenvalue weighted by Gasteiger charge is 2.22. The standard InChI is InChI=1S/C13H17NO4S/c1-4-12(15)13(11-8-6-5-7-9-11)10(2)14-18-19(3,16)17/h4-9,12-13,15H,1H2,2-3H3. The van der Waals surface area contributed by atoms with Crippen LogP contribution in [0.3, 0.4) is 0 Å². The van der Waals surface area contributed by atoms with Gasteiger partial charge in [0.05, 0.1) is 24.0 Å². The minimum absolute atomic E-state index is 0.351. The second-order valence-electron chi connectivity index (χ2n) is 4.13. The summed E-state index contributed by atoms with van der Waals surface area (Å²) in [5.41, 5.74) is 1.15. The second-order valence-corrected chi connectivity index (χ2v) is 5.68. The Bertz CT molecular complexity index is 551. The zero-order chi connectivity index (χ0) is 14.5. The van der Waals surface area contributed by atoms with Crippen LogP contribution in [0.25, 0.3) is 0 Å². The molecule has 0 amide bonds. The van der Waals surface area contributed by atoms with Crippen molar-refractivity contribution in [1.29, 1.82) is 0 Å². The lowest BCUT2D eigenvalue weighted by atomic mass is 9.89. The number of rotatable bonds is 6. The quantitative estimate of drug-likeness (QED) is 0.489. The maximum atomic E-state index is 10.9. The fourth-order valence-corrected chi connectivity index (χ4v) is 1.92. The van der Waals surface area contributed by atoms with E-state index in [-0.39, 0.29) is 0 Å². The van der Waals surface area contributed by atoms with Gasteiger partial charge in [0.25, 0.3) is 0 Å².